The third-order valence-corrected chi connectivity index (χ3v) is 5.53. The molecule has 1 fully saturated rings. The third-order valence-electron chi connectivity index (χ3n) is 5.53. The van der Waals surface area contributed by atoms with Gasteiger partial charge < -0.3 is 4.74 Å². The number of fused-ring (bicyclic) bond motifs is 1. The van der Waals surface area contributed by atoms with Crippen molar-refractivity contribution >= 4 is 11.8 Å². The van der Waals surface area contributed by atoms with Gasteiger partial charge in [-0.2, -0.15) is 0 Å². The molecule has 0 amide bonds. The van der Waals surface area contributed by atoms with Crippen molar-refractivity contribution in [3.8, 4) is 0 Å². The molecule has 0 saturated heterocycles. The fraction of sp³-hybridized carbons (Fsp3) is 0.524. The van der Waals surface area contributed by atoms with Crippen molar-refractivity contribution in [2.45, 2.75) is 52.9 Å². The quantitative estimate of drug-likeness (QED) is 0.556. The van der Waals surface area contributed by atoms with E-state index in [4.69, 9.17) is 4.74 Å². The molecule has 2 aliphatic rings. The highest BCUT2D eigenvalue weighted by Crippen LogP contribution is 2.41. The summed E-state index contributed by atoms with van der Waals surface area (Å²) < 4.78 is 5.26. The second kappa shape index (κ2) is 6.54. The lowest BCUT2D eigenvalue weighted by Crippen LogP contribution is -2.26. The number of cyclic esters (lactones) is 1. The van der Waals surface area contributed by atoms with Crippen molar-refractivity contribution in [1.82, 2.24) is 0 Å². The Morgan fingerprint density at radius 2 is 1.67 bits per heavy atom. The molecule has 3 heteroatoms. The van der Waals surface area contributed by atoms with Gasteiger partial charge in [-0.15, -0.1) is 0 Å². The average molecular weight is 326 g/mol. The van der Waals surface area contributed by atoms with Crippen LogP contribution in [0.4, 0.5) is 0 Å². The first-order valence-corrected chi connectivity index (χ1v) is 8.92. The van der Waals surface area contributed by atoms with Crippen LogP contribution in [0.25, 0.3) is 0 Å². The third kappa shape index (κ3) is 3.45. The van der Waals surface area contributed by atoms with E-state index in [-0.39, 0.29) is 11.5 Å². The Kier molecular flexibility index (Phi) is 4.62. The van der Waals surface area contributed by atoms with Gasteiger partial charge in [0.25, 0.3) is 0 Å². The monoisotopic (exact) mass is 326 g/mol. The first kappa shape index (κ1) is 16.9. The zero-order valence-electron chi connectivity index (χ0n) is 14.8. The van der Waals surface area contributed by atoms with Crippen LogP contribution in [0.1, 0.15) is 73.6 Å². The van der Waals surface area contributed by atoms with Gasteiger partial charge in [-0.25, -0.2) is 4.79 Å². The molecule has 0 N–H and O–H groups in total. The van der Waals surface area contributed by atoms with Gasteiger partial charge in [-0.05, 0) is 61.5 Å². The Morgan fingerprint density at radius 1 is 1.04 bits per heavy atom. The largest absolute Gasteiger partial charge is 0.419 e. The molecule has 1 aliphatic heterocycles. The molecule has 3 rings (SSSR count). The highest BCUT2D eigenvalue weighted by atomic mass is 16.5. The molecule has 1 aromatic carbocycles. The van der Waals surface area contributed by atoms with E-state index in [9.17, 15) is 9.59 Å². The fourth-order valence-electron chi connectivity index (χ4n) is 3.87. The lowest BCUT2D eigenvalue weighted by Gasteiger charge is -2.36. The molecule has 0 bridgehead atoms. The number of ketones is 1. The number of hydrogen-bond donors (Lipinski definition) is 0. The highest BCUT2D eigenvalue weighted by molar-refractivity contribution is 6.17. The Balaban J connectivity index is 1.64. The number of ether oxygens (including phenoxy) is 1. The number of carbonyl (C=O) groups excluding carboxylic acids is 2. The lowest BCUT2D eigenvalue weighted by molar-refractivity contribution is 0.0560. The summed E-state index contributed by atoms with van der Waals surface area (Å²) in [5.74, 6) is 0.973. The summed E-state index contributed by atoms with van der Waals surface area (Å²) in [6.45, 7) is 6.95. The molecule has 128 valence electrons. The summed E-state index contributed by atoms with van der Waals surface area (Å²) in [5.41, 5.74) is 1.20. The molecule has 0 atom stereocenters. The minimum Gasteiger partial charge on any atom is -0.419 e. The lowest BCUT2D eigenvalue weighted by atomic mass is 9.69. The normalized spacial score (nSPS) is 26.2. The molecular formula is C21H26O3. The number of hydrogen-bond acceptors (Lipinski definition) is 3. The first-order chi connectivity index (χ1) is 11.4. The predicted octanol–water partition coefficient (Wildman–Crippen LogP) is 5.17. The Bertz CT molecular complexity index is 671. The van der Waals surface area contributed by atoms with Gasteiger partial charge in [-0.3, -0.25) is 4.79 Å². The van der Waals surface area contributed by atoms with Gasteiger partial charge in [0, 0.05) is 5.56 Å². The van der Waals surface area contributed by atoms with Crippen LogP contribution in [-0.2, 0) is 4.74 Å². The summed E-state index contributed by atoms with van der Waals surface area (Å²) in [4.78, 5) is 24.5. The van der Waals surface area contributed by atoms with E-state index < -0.39 is 5.97 Å². The van der Waals surface area contributed by atoms with Crippen LogP contribution in [0.5, 0.6) is 0 Å². The van der Waals surface area contributed by atoms with Crippen molar-refractivity contribution in [2.24, 2.45) is 17.3 Å². The number of esters is 1. The van der Waals surface area contributed by atoms with Gasteiger partial charge in [0.15, 0.2) is 5.76 Å². The summed E-state index contributed by atoms with van der Waals surface area (Å²) in [7, 11) is 0. The van der Waals surface area contributed by atoms with Crippen molar-refractivity contribution < 1.29 is 14.3 Å². The van der Waals surface area contributed by atoms with E-state index in [0.717, 1.165) is 12.3 Å². The summed E-state index contributed by atoms with van der Waals surface area (Å²) in [5, 5.41) is 0. The molecule has 0 aromatic heterocycles. The number of allylic oxidation sites excluding steroid dienone is 2. The zero-order valence-corrected chi connectivity index (χ0v) is 14.8. The second-order valence-corrected chi connectivity index (χ2v) is 8.15. The van der Waals surface area contributed by atoms with E-state index in [1.807, 2.05) is 6.08 Å². The highest BCUT2D eigenvalue weighted by Gasteiger charge is 2.31. The van der Waals surface area contributed by atoms with E-state index >= 15 is 0 Å². The standard InChI is InChI=1S/C21H26O3/c1-21(2,3)15-11-8-14(9-12-15)10-13-18-19(22)16-6-4-5-7-17(16)20(23)24-18/h4-7,13-15H,8-12H2,1-3H3/b18-13+. The van der Waals surface area contributed by atoms with Gasteiger partial charge in [0.05, 0.1) is 5.56 Å². The molecule has 1 heterocycles. The van der Waals surface area contributed by atoms with E-state index in [2.05, 4.69) is 20.8 Å². The maximum absolute atomic E-state index is 12.5. The smallest absolute Gasteiger partial charge is 0.344 e. The van der Waals surface area contributed by atoms with Gasteiger partial charge in [0.1, 0.15) is 0 Å². The predicted molar refractivity (Wildman–Crippen MR) is 93.8 cm³/mol. The molecule has 24 heavy (non-hydrogen) atoms. The summed E-state index contributed by atoms with van der Waals surface area (Å²) in [6, 6.07) is 6.86. The van der Waals surface area contributed by atoms with Crippen LogP contribution < -0.4 is 0 Å². The SMILES string of the molecule is CC(C)(C)C1CCC(C/C=C2/OC(=O)c3ccccc3C2=O)CC1. The maximum Gasteiger partial charge on any atom is 0.344 e. The minimum atomic E-state index is -0.423. The summed E-state index contributed by atoms with van der Waals surface area (Å²) >= 11 is 0. The second-order valence-electron chi connectivity index (χ2n) is 8.15. The molecule has 0 unspecified atom stereocenters. The molecule has 3 nitrogen and oxygen atoms in total. The van der Waals surface area contributed by atoms with E-state index in [0.29, 0.717) is 22.5 Å². The fourth-order valence-corrected chi connectivity index (χ4v) is 3.87. The number of rotatable bonds is 2. The van der Waals surface area contributed by atoms with Gasteiger partial charge in [0.2, 0.25) is 5.78 Å². The van der Waals surface area contributed by atoms with Crippen LogP contribution in [-0.4, -0.2) is 11.8 Å². The van der Waals surface area contributed by atoms with Gasteiger partial charge >= 0.3 is 5.97 Å². The van der Waals surface area contributed by atoms with Crippen molar-refractivity contribution in [3.63, 3.8) is 0 Å². The Hall–Kier alpha value is -1.90. The average Bonchev–Trinajstić information content (AvgIpc) is 2.56. The molecule has 0 radical (unpaired) electrons. The van der Waals surface area contributed by atoms with Crippen LogP contribution in [0.3, 0.4) is 0 Å². The molecule has 1 aromatic rings. The molecular weight excluding hydrogens is 300 g/mol. The number of benzene rings is 1. The maximum atomic E-state index is 12.5. The Morgan fingerprint density at radius 3 is 2.29 bits per heavy atom. The summed E-state index contributed by atoms with van der Waals surface area (Å²) in [6.07, 6.45) is 7.50. The molecule has 1 aliphatic carbocycles. The van der Waals surface area contributed by atoms with E-state index in [1.165, 1.54) is 25.7 Å². The van der Waals surface area contributed by atoms with Crippen molar-refractivity contribution in [1.29, 1.82) is 0 Å². The Labute approximate surface area is 144 Å². The first-order valence-electron chi connectivity index (χ1n) is 8.92. The molecule has 1 saturated carbocycles. The van der Waals surface area contributed by atoms with Gasteiger partial charge in [-0.1, -0.05) is 39.0 Å². The number of Topliss-reactive ketones (excluding diaryl/α,β-unsaturated/α-hetero) is 1. The topological polar surface area (TPSA) is 43.4 Å². The van der Waals surface area contributed by atoms with Crippen LogP contribution in [0, 0.1) is 17.3 Å². The van der Waals surface area contributed by atoms with Crippen LogP contribution in [0.2, 0.25) is 0 Å². The minimum absolute atomic E-state index is 0.173. The van der Waals surface area contributed by atoms with Crippen LogP contribution in [0.15, 0.2) is 36.1 Å². The van der Waals surface area contributed by atoms with Crippen molar-refractivity contribution in [2.75, 3.05) is 0 Å². The van der Waals surface area contributed by atoms with E-state index in [1.54, 1.807) is 24.3 Å². The number of carbonyl (C=O) groups is 2. The zero-order chi connectivity index (χ0) is 17.3. The van der Waals surface area contributed by atoms with Crippen LogP contribution >= 0.6 is 0 Å². The molecule has 0 spiro atoms. The van der Waals surface area contributed by atoms with Crippen molar-refractivity contribution in [3.05, 3.63) is 47.2 Å².